The summed E-state index contributed by atoms with van der Waals surface area (Å²) in [6.45, 7) is 3.63. The van der Waals surface area contributed by atoms with Crippen LogP contribution in [0.25, 0.3) is 0 Å². The summed E-state index contributed by atoms with van der Waals surface area (Å²) >= 11 is 6.85. The minimum absolute atomic E-state index is 0.0705. The summed E-state index contributed by atoms with van der Waals surface area (Å²) in [6.07, 6.45) is 3.49. The van der Waals surface area contributed by atoms with Crippen molar-refractivity contribution in [1.82, 2.24) is 10.2 Å². The topological polar surface area (TPSA) is 78.5 Å². The molecule has 2 fully saturated rings. The Bertz CT molecular complexity index is 760. The van der Waals surface area contributed by atoms with Crippen LogP contribution in [0.2, 0.25) is 0 Å². The molecular formula is C18H21Br2N3O3. The summed E-state index contributed by atoms with van der Waals surface area (Å²) < 4.78 is 1.46. The van der Waals surface area contributed by atoms with Crippen molar-refractivity contribution in [3.05, 3.63) is 26.6 Å². The molecule has 1 aliphatic heterocycles. The fraction of sp³-hybridized carbons (Fsp3) is 0.500. The van der Waals surface area contributed by atoms with Gasteiger partial charge in [-0.3, -0.25) is 14.5 Å². The predicted octanol–water partition coefficient (Wildman–Crippen LogP) is 3.96. The fourth-order valence-electron chi connectivity index (χ4n) is 3.78. The first-order valence-corrected chi connectivity index (χ1v) is 10.2. The van der Waals surface area contributed by atoms with Gasteiger partial charge in [0.15, 0.2) is 0 Å². The number of hydrogen-bond acceptors (Lipinski definition) is 3. The third-order valence-electron chi connectivity index (χ3n) is 5.25. The number of imide groups is 1. The van der Waals surface area contributed by atoms with Crippen molar-refractivity contribution in [2.24, 2.45) is 5.92 Å². The third-order valence-corrected chi connectivity index (χ3v) is 6.50. The number of halogens is 2. The summed E-state index contributed by atoms with van der Waals surface area (Å²) in [6, 6.07) is 3.28. The molecule has 140 valence electrons. The van der Waals surface area contributed by atoms with Gasteiger partial charge < -0.3 is 10.6 Å². The van der Waals surface area contributed by atoms with Crippen LogP contribution in [0.1, 0.15) is 38.2 Å². The molecule has 4 amide bonds. The highest BCUT2D eigenvalue weighted by Gasteiger charge is 2.55. The van der Waals surface area contributed by atoms with E-state index >= 15 is 0 Å². The van der Waals surface area contributed by atoms with E-state index in [0.717, 1.165) is 38.7 Å². The Labute approximate surface area is 169 Å². The largest absolute Gasteiger partial charge is 0.325 e. The molecule has 2 N–H and O–H groups in total. The first-order valence-electron chi connectivity index (χ1n) is 8.64. The van der Waals surface area contributed by atoms with Crippen LogP contribution in [-0.2, 0) is 9.59 Å². The van der Waals surface area contributed by atoms with Crippen molar-refractivity contribution in [1.29, 1.82) is 0 Å². The lowest BCUT2D eigenvalue weighted by molar-refractivity contribution is -0.136. The molecule has 1 saturated carbocycles. The molecule has 26 heavy (non-hydrogen) atoms. The molecule has 0 aromatic heterocycles. The van der Waals surface area contributed by atoms with Gasteiger partial charge in [-0.1, -0.05) is 19.8 Å². The molecule has 2 atom stereocenters. The molecule has 0 radical (unpaired) electrons. The SMILES string of the molecule is Cc1cc(Br)c(NC(=O)CN2C(=O)N[C@]3(CCCC[C@H]3C)C2=O)c(Br)c1. The molecule has 1 aliphatic carbocycles. The first-order chi connectivity index (χ1) is 12.2. The summed E-state index contributed by atoms with van der Waals surface area (Å²) in [4.78, 5) is 38.8. The lowest BCUT2D eigenvalue weighted by Gasteiger charge is -2.36. The second kappa shape index (κ2) is 7.31. The van der Waals surface area contributed by atoms with Crippen LogP contribution in [0.3, 0.4) is 0 Å². The van der Waals surface area contributed by atoms with Gasteiger partial charge in [0.25, 0.3) is 5.91 Å². The van der Waals surface area contributed by atoms with Gasteiger partial charge in [-0.25, -0.2) is 4.79 Å². The van der Waals surface area contributed by atoms with Gasteiger partial charge in [0.2, 0.25) is 5.91 Å². The monoisotopic (exact) mass is 485 g/mol. The van der Waals surface area contributed by atoms with Gasteiger partial charge in [-0.2, -0.15) is 0 Å². The molecule has 0 bridgehead atoms. The zero-order valence-electron chi connectivity index (χ0n) is 14.7. The van der Waals surface area contributed by atoms with Crippen LogP contribution >= 0.6 is 31.9 Å². The van der Waals surface area contributed by atoms with E-state index < -0.39 is 17.5 Å². The van der Waals surface area contributed by atoms with Gasteiger partial charge in [0, 0.05) is 8.95 Å². The molecule has 0 unspecified atom stereocenters. The normalized spacial score (nSPS) is 25.5. The predicted molar refractivity (Wildman–Crippen MR) is 106 cm³/mol. The minimum Gasteiger partial charge on any atom is -0.323 e. The van der Waals surface area contributed by atoms with E-state index in [0.29, 0.717) is 12.1 Å². The van der Waals surface area contributed by atoms with Crippen molar-refractivity contribution < 1.29 is 14.4 Å². The number of carbonyl (C=O) groups is 3. The van der Waals surface area contributed by atoms with E-state index in [4.69, 9.17) is 0 Å². The molecule has 6 nitrogen and oxygen atoms in total. The van der Waals surface area contributed by atoms with Crippen molar-refractivity contribution in [2.45, 2.75) is 45.1 Å². The van der Waals surface area contributed by atoms with Crippen LogP contribution < -0.4 is 10.6 Å². The molecule has 1 spiro atoms. The molecule has 1 aromatic rings. The number of nitrogens with zero attached hydrogens (tertiary/aromatic N) is 1. The maximum Gasteiger partial charge on any atom is 0.325 e. The number of rotatable bonds is 3. The van der Waals surface area contributed by atoms with Crippen molar-refractivity contribution in [3.63, 3.8) is 0 Å². The van der Waals surface area contributed by atoms with Crippen LogP contribution in [0, 0.1) is 12.8 Å². The Morgan fingerprint density at radius 2 is 1.96 bits per heavy atom. The van der Waals surface area contributed by atoms with Gasteiger partial charge in [-0.15, -0.1) is 0 Å². The van der Waals surface area contributed by atoms with E-state index in [1.165, 1.54) is 0 Å². The summed E-state index contributed by atoms with van der Waals surface area (Å²) in [7, 11) is 0. The van der Waals surface area contributed by atoms with Crippen molar-refractivity contribution in [3.8, 4) is 0 Å². The zero-order valence-corrected chi connectivity index (χ0v) is 17.9. The zero-order chi connectivity index (χ0) is 19.1. The van der Waals surface area contributed by atoms with Crippen molar-refractivity contribution >= 4 is 55.4 Å². The Morgan fingerprint density at radius 1 is 1.31 bits per heavy atom. The molecule has 1 aromatic carbocycles. The molecule has 3 rings (SSSR count). The maximum absolute atomic E-state index is 12.9. The Balaban J connectivity index is 1.74. The Morgan fingerprint density at radius 3 is 2.58 bits per heavy atom. The number of hydrogen-bond donors (Lipinski definition) is 2. The molecule has 8 heteroatoms. The van der Waals surface area contributed by atoms with E-state index in [-0.39, 0.29) is 18.4 Å². The lowest BCUT2D eigenvalue weighted by Crippen LogP contribution is -2.54. The maximum atomic E-state index is 12.9. The van der Waals surface area contributed by atoms with Gasteiger partial charge in [-0.05, 0) is 75.2 Å². The third kappa shape index (κ3) is 3.41. The highest BCUT2D eigenvalue weighted by atomic mass is 79.9. The van der Waals surface area contributed by atoms with Gasteiger partial charge in [0.05, 0.1) is 5.69 Å². The van der Waals surface area contributed by atoms with E-state index in [9.17, 15) is 14.4 Å². The lowest BCUT2D eigenvalue weighted by atomic mass is 9.73. The highest BCUT2D eigenvalue weighted by molar-refractivity contribution is 9.11. The van der Waals surface area contributed by atoms with Gasteiger partial charge in [0.1, 0.15) is 12.1 Å². The van der Waals surface area contributed by atoms with Crippen molar-refractivity contribution in [2.75, 3.05) is 11.9 Å². The fourth-order valence-corrected chi connectivity index (χ4v) is 5.39. The minimum atomic E-state index is -0.847. The Kier molecular flexibility index (Phi) is 5.44. The summed E-state index contributed by atoms with van der Waals surface area (Å²) in [5, 5.41) is 5.63. The molecule has 2 aliphatic rings. The second-order valence-electron chi connectivity index (χ2n) is 7.09. The quantitative estimate of drug-likeness (QED) is 0.634. The average molecular weight is 487 g/mol. The van der Waals surface area contributed by atoms with E-state index in [1.54, 1.807) is 0 Å². The number of nitrogens with one attached hydrogen (secondary N) is 2. The number of carbonyl (C=O) groups excluding carboxylic acids is 3. The number of amides is 4. The Hall–Kier alpha value is -1.41. The van der Waals surface area contributed by atoms with E-state index in [2.05, 4.69) is 42.5 Å². The van der Waals surface area contributed by atoms with Gasteiger partial charge >= 0.3 is 6.03 Å². The van der Waals surface area contributed by atoms with Crippen LogP contribution in [0.4, 0.5) is 10.5 Å². The standard InChI is InChI=1S/C18H21Br2N3O3/c1-10-7-12(19)15(13(20)8-10)21-14(24)9-23-16(25)18(22-17(23)26)6-4-3-5-11(18)2/h7-8,11H,3-6,9H2,1-2H3,(H,21,24)(H,22,26)/t11-,18+/m1/s1. The van der Waals surface area contributed by atoms with Crippen LogP contribution in [0.5, 0.6) is 0 Å². The highest BCUT2D eigenvalue weighted by Crippen LogP contribution is 2.38. The first kappa shape index (κ1) is 19.4. The number of benzene rings is 1. The summed E-state index contributed by atoms with van der Waals surface area (Å²) in [5.74, 6) is -0.632. The molecular weight excluding hydrogens is 466 g/mol. The second-order valence-corrected chi connectivity index (χ2v) is 8.80. The number of anilines is 1. The van der Waals surface area contributed by atoms with E-state index in [1.807, 2.05) is 26.0 Å². The smallest absolute Gasteiger partial charge is 0.323 e. The molecule has 1 saturated heterocycles. The number of aryl methyl sites for hydroxylation is 1. The van der Waals surface area contributed by atoms with Crippen LogP contribution in [-0.4, -0.2) is 34.8 Å². The van der Waals surface area contributed by atoms with Crippen LogP contribution in [0.15, 0.2) is 21.1 Å². The molecule has 1 heterocycles. The number of urea groups is 1. The summed E-state index contributed by atoms with van der Waals surface area (Å²) in [5.41, 5.74) is 0.762. The average Bonchev–Trinajstić information content (AvgIpc) is 2.79.